The number of amides is 3. The van der Waals surface area contributed by atoms with Crippen LogP contribution in [0.15, 0.2) is 122 Å². The fraction of sp³-hybridized carbons (Fsp3) is 0.108. The van der Waals surface area contributed by atoms with Gasteiger partial charge in [0, 0.05) is 68.8 Å². The van der Waals surface area contributed by atoms with Crippen molar-refractivity contribution in [1.82, 2.24) is 0 Å². The number of aromatic nitrogens is 2. The molecule has 0 aliphatic carbocycles. The van der Waals surface area contributed by atoms with E-state index in [-0.39, 0.29) is 17.7 Å². The maximum atomic E-state index is 12.9. The van der Waals surface area contributed by atoms with Gasteiger partial charge in [-0.15, -0.1) is 0 Å². The molecule has 0 fully saturated rings. The van der Waals surface area contributed by atoms with Gasteiger partial charge in [-0.1, -0.05) is 0 Å². The van der Waals surface area contributed by atoms with Crippen molar-refractivity contribution in [2.24, 2.45) is 0 Å². The molecule has 0 atom stereocenters. The van der Waals surface area contributed by atoms with Gasteiger partial charge in [0.15, 0.2) is 12.4 Å². The van der Waals surface area contributed by atoms with Gasteiger partial charge in [0.1, 0.15) is 13.1 Å². The molecule has 0 aliphatic heterocycles. The molecule has 222 valence electrons. The van der Waals surface area contributed by atoms with Gasteiger partial charge in [0.2, 0.25) is 11.0 Å². The zero-order chi connectivity index (χ0) is 31.3. The highest BCUT2D eigenvalue weighted by Gasteiger charge is 2.14. The Balaban J connectivity index is 1.05. The number of benzene rings is 4. The van der Waals surface area contributed by atoms with Gasteiger partial charge in [0.05, 0.1) is 0 Å². The van der Waals surface area contributed by atoms with Crippen LogP contribution < -0.4 is 25.1 Å². The lowest BCUT2D eigenvalue weighted by atomic mass is 10.1. The lowest BCUT2D eigenvalue weighted by Crippen LogP contribution is -2.32. The summed E-state index contributed by atoms with van der Waals surface area (Å²) in [5, 5.41) is 10.7. The number of rotatable bonds is 8. The molecule has 45 heavy (non-hydrogen) atoms. The van der Waals surface area contributed by atoms with Gasteiger partial charge >= 0.3 is 0 Å². The van der Waals surface area contributed by atoms with Crippen LogP contribution in [0.1, 0.15) is 44.9 Å². The standard InChI is InChI=1S/C37H31N5O3/c1-3-41-21-5-7-27-23-29(13-19-33(27)41)37(45)39-31-16-14-30(15-17-31)38-35(43)25-9-11-26(12-10-25)36(44)40-32-18-20-34-28(24-32)8-6-22-42(34)4-2/h5-24H,3-4H2,1-2H3,(H-2,38,39,40,43,44,45)/p+2. The number of aryl methyl sites for hydroxylation is 2. The molecule has 0 spiro atoms. The molecule has 0 bridgehead atoms. The van der Waals surface area contributed by atoms with Crippen LogP contribution in [-0.4, -0.2) is 17.7 Å². The number of carbonyl (C=O) groups is 3. The average Bonchev–Trinajstić information content (AvgIpc) is 3.08. The van der Waals surface area contributed by atoms with Crippen LogP contribution in [0.2, 0.25) is 0 Å². The number of anilines is 3. The van der Waals surface area contributed by atoms with Gasteiger partial charge < -0.3 is 16.0 Å². The maximum absolute atomic E-state index is 12.9. The minimum absolute atomic E-state index is 0.213. The summed E-state index contributed by atoms with van der Waals surface area (Å²) in [4.78, 5) is 38.7. The van der Waals surface area contributed by atoms with Crippen molar-refractivity contribution in [3.8, 4) is 0 Å². The lowest BCUT2D eigenvalue weighted by Gasteiger charge is -2.09. The fourth-order valence-corrected chi connectivity index (χ4v) is 5.35. The van der Waals surface area contributed by atoms with E-state index in [2.05, 4.69) is 38.9 Å². The van der Waals surface area contributed by atoms with Crippen LogP contribution in [0.25, 0.3) is 21.8 Å². The molecule has 0 radical (unpaired) electrons. The minimum atomic E-state index is -0.307. The van der Waals surface area contributed by atoms with Crippen molar-refractivity contribution in [2.45, 2.75) is 26.9 Å². The van der Waals surface area contributed by atoms with Crippen LogP contribution in [-0.2, 0) is 13.1 Å². The van der Waals surface area contributed by atoms with Crippen molar-refractivity contribution >= 4 is 56.6 Å². The summed E-state index contributed by atoms with van der Waals surface area (Å²) in [6.07, 6.45) is 4.05. The number of hydrogen-bond acceptors (Lipinski definition) is 3. The number of fused-ring (bicyclic) bond motifs is 2. The molecule has 8 nitrogen and oxygen atoms in total. The van der Waals surface area contributed by atoms with Crippen LogP contribution >= 0.6 is 0 Å². The second-order valence-electron chi connectivity index (χ2n) is 10.7. The van der Waals surface area contributed by atoms with E-state index in [9.17, 15) is 14.4 Å². The van der Waals surface area contributed by atoms with E-state index < -0.39 is 0 Å². The summed E-state index contributed by atoms with van der Waals surface area (Å²) >= 11 is 0. The van der Waals surface area contributed by atoms with Crippen molar-refractivity contribution in [3.05, 3.63) is 138 Å². The van der Waals surface area contributed by atoms with E-state index in [1.807, 2.05) is 73.1 Å². The predicted molar refractivity (Wildman–Crippen MR) is 176 cm³/mol. The molecule has 6 rings (SSSR count). The van der Waals surface area contributed by atoms with Crippen molar-refractivity contribution in [2.75, 3.05) is 16.0 Å². The Kier molecular flexibility index (Phi) is 8.28. The number of pyridine rings is 2. The number of nitrogens with one attached hydrogen (secondary N) is 3. The minimum Gasteiger partial charge on any atom is -0.322 e. The first-order chi connectivity index (χ1) is 21.9. The smallest absolute Gasteiger partial charge is 0.255 e. The second kappa shape index (κ2) is 12.8. The topological polar surface area (TPSA) is 95.1 Å². The van der Waals surface area contributed by atoms with Gasteiger partial charge in [-0.05, 0) is 98.8 Å². The monoisotopic (exact) mass is 595 g/mol. The first-order valence-electron chi connectivity index (χ1n) is 14.9. The summed E-state index contributed by atoms with van der Waals surface area (Å²) in [5.41, 5.74) is 5.48. The summed E-state index contributed by atoms with van der Waals surface area (Å²) in [7, 11) is 0. The Morgan fingerprint density at radius 3 is 1.40 bits per heavy atom. The quantitative estimate of drug-likeness (QED) is 0.179. The van der Waals surface area contributed by atoms with Crippen LogP contribution in [0.3, 0.4) is 0 Å². The molecule has 6 aromatic rings. The number of nitrogens with zero attached hydrogens (tertiary/aromatic N) is 2. The molecule has 3 amide bonds. The van der Waals surface area contributed by atoms with E-state index in [0.29, 0.717) is 33.8 Å². The molecule has 3 N–H and O–H groups in total. The summed E-state index contributed by atoms with van der Waals surface area (Å²) in [6, 6.07) is 32.9. The van der Waals surface area contributed by atoms with Crippen LogP contribution in [0.5, 0.6) is 0 Å². The third-order valence-corrected chi connectivity index (χ3v) is 7.77. The summed E-state index contributed by atoms with van der Waals surface area (Å²) in [5.74, 6) is -0.778. The van der Waals surface area contributed by atoms with Gasteiger partial charge in [0.25, 0.3) is 17.7 Å². The molecular weight excluding hydrogens is 562 g/mol. The highest BCUT2D eigenvalue weighted by atomic mass is 16.2. The van der Waals surface area contributed by atoms with Crippen molar-refractivity contribution < 1.29 is 23.5 Å². The highest BCUT2D eigenvalue weighted by molar-refractivity contribution is 6.08. The molecule has 2 heterocycles. The molecule has 0 aliphatic rings. The van der Waals surface area contributed by atoms with E-state index in [4.69, 9.17) is 0 Å². The average molecular weight is 596 g/mol. The Labute approximate surface area is 261 Å². The second-order valence-corrected chi connectivity index (χ2v) is 10.7. The zero-order valence-electron chi connectivity index (χ0n) is 25.1. The zero-order valence-corrected chi connectivity index (χ0v) is 25.1. The molecular formula is C37H33N5O3+2. The predicted octanol–water partition coefficient (Wildman–Crippen LogP) is 6.36. The van der Waals surface area contributed by atoms with Gasteiger partial charge in [-0.2, -0.15) is 9.13 Å². The van der Waals surface area contributed by atoms with Crippen molar-refractivity contribution in [1.29, 1.82) is 0 Å². The van der Waals surface area contributed by atoms with E-state index in [1.165, 1.54) is 0 Å². The molecule has 0 unspecified atom stereocenters. The summed E-state index contributed by atoms with van der Waals surface area (Å²) in [6.45, 7) is 5.88. The third-order valence-electron chi connectivity index (χ3n) is 7.77. The molecule has 4 aromatic carbocycles. The summed E-state index contributed by atoms with van der Waals surface area (Å²) < 4.78 is 4.27. The largest absolute Gasteiger partial charge is 0.322 e. The highest BCUT2D eigenvalue weighted by Crippen LogP contribution is 2.20. The van der Waals surface area contributed by atoms with Crippen molar-refractivity contribution in [3.63, 3.8) is 0 Å². The van der Waals surface area contributed by atoms with Crippen LogP contribution in [0, 0.1) is 0 Å². The Morgan fingerprint density at radius 1 is 0.489 bits per heavy atom. The molecule has 8 heteroatoms. The lowest BCUT2D eigenvalue weighted by molar-refractivity contribution is -0.668. The Bertz CT molecular complexity index is 2050. The number of carbonyl (C=O) groups excluding carboxylic acids is 3. The van der Waals surface area contributed by atoms with Gasteiger partial charge in [-0.3, -0.25) is 14.4 Å². The van der Waals surface area contributed by atoms with Gasteiger partial charge in [-0.25, -0.2) is 0 Å². The van der Waals surface area contributed by atoms with E-state index in [1.54, 1.807) is 48.5 Å². The SMILES string of the molecule is CC[n+]1cccc2cc(NC(=O)c3ccc(C(=O)Nc4ccc(NC(=O)c5ccc6c(ccc[n+]6CC)c5)cc4)cc3)ccc21. The molecule has 0 saturated heterocycles. The fourth-order valence-electron chi connectivity index (χ4n) is 5.35. The first-order valence-corrected chi connectivity index (χ1v) is 14.9. The first kappa shape index (κ1) is 29.2. The normalized spacial score (nSPS) is 10.9. The number of hydrogen-bond donors (Lipinski definition) is 3. The third kappa shape index (κ3) is 6.40. The maximum Gasteiger partial charge on any atom is 0.255 e. The molecule has 0 saturated carbocycles. The van der Waals surface area contributed by atoms with E-state index >= 15 is 0 Å². The van der Waals surface area contributed by atoms with Crippen LogP contribution in [0.4, 0.5) is 17.1 Å². The Morgan fingerprint density at radius 2 is 0.889 bits per heavy atom. The van der Waals surface area contributed by atoms with E-state index in [0.717, 1.165) is 34.9 Å². The Hall–Kier alpha value is -5.89. The molecule has 2 aromatic heterocycles.